The van der Waals surface area contributed by atoms with Gasteiger partial charge in [0, 0.05) is 12.3 Å². The van der Waals surface area contributed by atoms with Crippen LogP contribution < -0.4 is 0 Å². The first-order valence-corrected chi connectivity index (χ1v) is 8.83. The molecule has 1 heteroatoms. The lowest BCUT2D eigenvalue weighted by Gasteiger charge is -2.63. The van der Waals surface area contributed by atoms with Crippen LogP contribution in [0.4, 0.5) is 0 Å². The van der Waals surface area contributed by atoms with Gasteiger partial charge in [-0.05, 0) is 62.2 Å². The molecule has 0 unspecified atom stereocenters. The van der Waals surface area contributed by atoms with Crippen LogP contribution in [0.5, 0.6) is 0 Å². The summed E-state index contributed by atoms with van der Waals surface area (Å²) >= 11 is 0. The summed E-state index contributed by atoms with van der Waals surface area (Å²) < 4.78 is 0. The second-order valence-corrected chi connectivity index (χ2v) is 8.96. The maximum atomic E-state index is 12.3. The van der Waals surface area contributed by atoms with Gasteiger partial charge in [-0.25, -0.2) is 0 Å². The molecule has 0 heterocycles. The highest BCUT2D eigenvalue weighted by molar-refractivity contribution is 5.85. The first-order chi connectivity index (χ1) is 9.67. The van der Waals surface area contributed by atoms with Gasteiger partial charge in [-0.15, -0.1) is 0 Å². The normalized spacial score (nSPS) is 35.0. The summed E-state index contributed by atoms with van der Waals surface area (Å²) in [5.74, 6) is 2.44. The zero-order chi connectivity index (χ0) is 15.8. The molecule has 0 aromatic heterocycles. The molecule has 0 aliphatic heterocycles. The van der Waals surface area contributed by atoms with Gasteiger partial charge in [-0.2, -0.15) is 0 Å². The van der Waals surface area contributed by atoms with E-state index in [0.717, 1.165) is 24.7 Å². The summed E-state index contributed by atoms with van der Waals surface area (Å²) in [6.07, 6.45) is 9.35. The molecule has 4 atom stereocenters. The van der Waals surface area contributed by atoms with Gasteiger partial charge in [0.15, 0.2) is 0 Å². The number of carbonyl (C=O) groups is 1. The minimum atomic E-state index is 0.259. The van der Waals surface area contributed by atoms with E-state index in [0.29, 0.717) is 11.7 Å². The molecule has 3 rings (SSSR count). The van der Waals surface area contributed by atoms with Gasteiger partial charge >= 0.3 is 0 Å². The third kappa shape index (κ3) is 3.27. The topological polar surface area (TPSA) is 17.1 Å². The van der Waals surface area contributed by atoms with Crippen LogP contribution in [0, 0.1) is 28.6 Å². The van der Waals surface area contributed by atoms with Crippen LogP contribution in [0.15, 0.2) is 11.6 Å². The average Bonchev–Trinajstić information content (AvgIpc) is 2.34. The highest BCUT2D eigenvalue weighted by Gasteiger charge is 2.62. The molecule has 3 aliphatic carbocycles. The standard InChI is InChI=1S/C20H34O/c1-14(2)8-7-9-15(3)10-11-20(6)13-17(21)16-12-18(20)19(16,4)5/h8,15-16,18H,7,9-13H2,1-6H3/t15-,16+,18+,20-/m0/s1. The first-order valence-electron chi connectivity index (χ1n) is 8.83. The lowest BCUT2D eigenvalue weighted by atomic mass is 9.40. The number of ketones is 1. The van der Waals surface area contributed by atoms with E-state index in [1.54, 1.807) is 0 Å². The van der Waals surface area contributed by atoms with Gasteiger partial charge in [0.1, 0.15) is 5.78 Å². The lowest BCUT2D eigenvalue weighted by molar-refractivity contribution is -0.175. The number of fused-ring (bicyclic) bond motifs is 2. The monoisotopic (exact) mass is 290 g/mol. The summed E-state index contributed by atoms with van der Waals surface area (Å²) in [7, 11) is 0. The van der Waals surface area contributed by atoms with E-state index < -0.39 is 0 Å². The molecule has 3 fully saturated rings. The summed E-state index contributed by atoms with van der Waals surface area (Å²) in [4.78, 5) is 12.3. The molecule has 0 aromatic rings. The lowest BCUT2D eigenvalue weighted by Crippen LogP contribution is -2.61. The van der Waals surface area contributed by atoms with Crippen molar-refractivity contribution in [3.63, 3.8) is 0 Å². The van der Waals surface area contributed by atoms with Crippen LogP contribution >= 0.6 is 0 Å². The van der Waals surface area contributed by atoms with E-state index in [2.05, 4.69) is 47.6 Å². The van der Waals surface area contributed by atoms with Crippen molar-refractivity contribution in [2.45, 2.75) is 80.1 Å². The SMILES string of the molecule is CC(C)=CCC[C@H](C)CC[C@@]1(C)CC(=O)[C@H]2C[C@@H]1C2(C)C. The molecule has 3 aliphatic rings. The highest BCUT2D eigenvalue weighted by atomic mass is 16.1. The minimum absolute atomic E-state index is 0.259. The van der Waals surface area contributed by atoms with Gasteiger partial charge in [-0.1, -0.05) is 45.8 Å². The maximum Gasteiger partial charge on any atom is 0.137 e. The number of allylic oxidation sites excluding steroid dienone is 2. The van der Waals surface area contributed by atoms with Crippen LogP contribution in [-0.2, 0) is 4.79 Å². The Morgan fingerprint density at radius 3 is 2.48 bits per heavy atom. The third-order valence-electron chi connectivity index (χ3n) is 6.50. The molecule has 0 aromatic carbocycles. The molecular weight excluding hydrogens is 256 g/mol. The van der Waals surface area contributed by atoms with Gasteiger partial charge < -0.3 is 0 Å². The largest absolute Gasteiger partial charge is 0.299 e. The molecule has 0 amide bonds. The molecule has 0 spiro atoms. The molecule has 120 valence electrons. The zero-order valence-electron chi connectivity index (χ0n) is 15.0. The van der Waals surface area contributed by atoms with E-state index in [1.807, 2.05) is 0 Å². The van der Waals surface area contributed by atoms with Crippen molar-refractivity contribution in [2.75, 3.05) is 0 Å². The minimum Gasteiger partial charge on any atom is -0.299 e. The van der Waals surface area contributed by atoms with Crippen LogP contribution in [0.25, 0.3) is 0 Å². The maximum absolute atomic E-state index is 12.3. The van der Waals surface area contributed by atoms with E-state index >= 15 is 0 Å². The van der Waals surface area contributed by atoms with Crippen molar-refractivity contribution in [2.24, 2.45) is 28.6 Å². The van der Waals surface area contributed by atoms with E-state index in [9.17, 15) is 4.79 Å². The summed E-state index contributed by atoms with van der Waals surface area (Å²) in [5.41, 5.74) is 1.95. The number of hydrogen-bond acceptors (Lipinski definition) is 1. The fraction of sp³-hybridized carbons (Fsp3) is 0.850. The molecule has 0 radical (unpaired) electrons. The Hall–Kier alpha value is -0.590. The van der Waals surface area contributed by atoms with Gasteiger partial charge in [0.05, 0.1) is 0 Å². The number of rotatable bonds is 6. The molecule has 2 bridgehead atoms. The van der Waals surface area contributed by atoms with Crippen molar-refractivity contribution in [1.82, 2.24) is 0 Å². The van der Waals surface area contributed by atoms with Crippen molar-refractivity contribution >= 4 is 5.78 Å². The molecule has 0 N–H and O–H groups in total. The fourth-order valence-corrected chi connectivity index (χ4v) is 4.94. The molecule has 3 saturated carbocycles. The zero-order valence-corrected chi connectivity index (χ0v) is 15.0. The van der Waals surface area contributed by atoms with Crippen molar-refractivity contribution in [3.05, 3.63) is 11.6 Å². The van der Waals surface area contributed by atoms with Crippen molar-refractivity contribution in [3.8, 4) is 0 Å². The molecule has 0 saturated heterocycles. The molecular formula is C20H34O. The van der Waals surface area contributed by atoms with E-state index in [-0.39, 0.29) is 10.8 Å². The Labute approximate surface area is 131 Å². The van der Waals surface area contributed by atoms with Gasteiger partial charge in [0.2, 0.25) is 0 Å². The number of hydrogen-bond donors (Lipinski definition) is 0. The predicted octanol–water partition coefficient (Wildman–Crippen LogP) is 5.79. The van der Waals surface area contributed by atoms with E-state index in [4.69, 9.17) is 0 Å². The molecule has 1 nitrogen and oxygen atoms in total. The van der Waals surface area contributed by atoms with E-state index in [1.165, 1.54) is 31.3 Å². The second kappa shape index (κ2) is 5.89. The highest BCUT2D eigenvalue weighted by Crippen LogP contribution is 2.65. The molecule has 21 heavy (non-hydrogen) atoms. The number of carbonyl (C=O) groups excluding carboxylic acids is 1. The first kappa shape index (κ1) is 16.8. The van der Waals surface area contributed by atoms with Crippen LogP contribution in [-0.4, -0.2) is 5.78 Å². The summed E-state index contributed by atoms with van der Waals surface area (Å²) in [5, 5.41) is 0. The summed E-state index contributed by atoms with van der Waals surface area (Å²) in [6, 6.07) is 0. The Bertz CT molecular complexity index is 427. The van der Waals surface area contributed by atoms with Gasteiger partial charge in [0.25, 0.3) is 0 Å². The van der Waals surface area contributed by atoms with Crippen LogP contribution in [0.3, 0.4) is 0 Å². The van der Waals surface area contributed by atoms with Crippen LogP contribution in [0.2, 0.25) is 0 Å². The second-order valence-electron chi connectivity index (χ2n) is 8.96. The Balaban J connectivity index is 1.87. The van der Waals surface area contributed by atoms with Crippen molar-refractivity contribution in [1.29, 1.82) is 0 Å². The van der Waals surface area contributed by atoms with Gasteiger partial charge in [-0.3, -0.25) is 4.79 Å². The van der Waals surface area contributed by atoms with Crippen molar-refractivity contribution < 1.29 is 4.79 Å². The quantitative estimate of drug-likeness (QED) is 0.566. The smallest absolute Gasteiger partial charge is 0.137 e. The Kier molecular flexibility index (Phi) is 4.71. The third-order valence-corrected chi connectivity index (χ3v) is 6.50. The fourth-order valence-electron chi connectivity index (χ4n) is 4.94. The predicted molar refractivity (Wildman–Crippen MR) is 90.2 cm³/mol. The average molecular weight is 290 g/mol. The Morgan fingerprint density at radius 1 is 1.29 bits per heavy atom. The Morgan fingerprint density at radius 2 is 1.95 bits per heavy atom. The summed E-state index contributed by atoms with van der Waals surface area (Å²) in [6.45, 7) is 13.7. The van der Waals surface area contributed by atoms with Crippen LogP contribution in [0.1, 0.15) is 80.1 Å². The number of Topliss-reactive ketones (excluding diaryl/α,β-unsaturated/α-hetero) is 1.